The van der Waals surface area contributed by atoms with Crippen LogP contribution in [0, 0.1) is 17.8 Å². The Balaban J connectivity index is 1.28. The Bertz CT molecular complexity index is 1080. The Hall–Kier alpha value is -2.73. The van der Waals surface area contributed by atoms with E-state index in [1.807, 2.05) is 60.7 Å². The maximum atomic E-state index is 12.6. The minimum atomic E-state index is 0.0438. The SMILES string of the molecule is C[C@@H](NC(=O)CSc1nnc(-c2ccccc2)c(-c2ccccc2)n1)[C@@H]1C[C@H]2CC[C@H]1C2. The van der Waals surface area contributed by atoms with Gasteiger partial charge in [0.1, 0.15) is 11.4 Å². The van der Waals surface area contributed by atoms with Gasteiger partial charge in [-0.05, 0) is 43.9 Å². The smallest absolute Gasteiger partial charge is 0.230 e. The van der Waals surface area contributed by atoms with E-state index in [-0.39, 0.29) is 11.9 Å². The fourth-order valence-corrected chi connectivity index (χ4v) is 6.00. The van der Waals surface area contributed by atoms with Crippen LogP contribution in [-0.4, -0.2) is 32.9 Å². The van der Waals surface area contributed by atoms with E-state index in [1.54, 1.807) is 0 Å². The van der Waals surface area contributed by atoms with E-state index >= 15 is 0 Å². The third-order valence-corrected chi connectivity index (χ3v) is 7.76. The van der Waals surface area contributed by atoms with Gasteiger partial charge in [0.25, 0.3) is 0 Å². The molecule has 0 saturated heterocycles. The highest BCUT2D eigenvalue weighted by Gasteiger charge is 2.42. The monoisotopic (exact) mass is 444 g/mol. The van der Waals surface area contributed by atoms with E-state index < -0.39 is 0 Å². The normalized spacial score (nSPS) is 22.6. The molecule has 2 saturated carbocycles. The van der Waals surface area contributed by atoms with Gasteiger partial charge >= 0.3 is 0 Å². The van der Waals surface area contributed by atoms with Crippen molar-refractivity contribution < 1.29 is 4.79 Å². The quantitative estimate of drug-likeness (QED) is 0.505. The summed E-state index contributed by atoms with van der Waals surface area (Å²) in [5.41, 5.74) is 3.48. The highest BCUT2D eigenvalue weighted by molar-refractivity contribution is 7.99. The number of hydrogen-bond donors (Lipinski definition) is 1. The molecule has 6 heteroatoms. The second-order valence-electron chi connectivity index (χ2n) is 9.01. The fraction of sp³-hybridized carbons (Fsp3) is 0.385. The van der Waals surface area contributed by atoms with Crippen LogP contribution in [0.15, 0.2) is 65.8 Å². The Labute approximate surface area is 193 Å². The van der Waals surface area contributed by atoms with Crippen molar-refractivity contribution in [3.8, 4) is 22.5 Å². The summed E-state index contributed by atoms with van der Waals surface area (Å²) in [6, 6.07) is 20.2. The van der Waals surface area contributed by atoms with Crippen LogP contribution in [0.2, 0.25) is 0 Å². The topological polar surface area (TPSA) is 67.8 Å². The number of aromatic nitrogens is 3. The maximum Gasteiger partial charge on any atom is 0.230 e. The number of carbonyl (C=O) groups is 1. The van der Waals surface area contributed by atoms with Crippen molar-refractivity contribution in [3.05, 3.63) is 60.7 Å². The number of nitrogens with zero attached hydrogens (tertiary/aromatic N) is 3. The summed E-state index contributed by atoms with van der Waals surface area (Å²) in [4.78, 5) is 17.4. The summed E-state index contributed by atoms with van der Waals surface area (Å²) in [6.45, 7) is 2.16. The van der Waals surface area contributed by atoms with E-state index in [0.717, 1.165) is 34.4 Å². The van der Waals surface area contributed by atoms with Gasteiger partial charge in [0.15, 0.2) is 0 Å². The van der Waals surface area contributed by atoms with Crippen molar-refractivity contribution in [2.24, 2.45) is 17.8 Å². The molecular weight excluding hydrogens is 416 g/mol. The molecule has 4 atom stereocenters. The van der Waals surface area contributed by atoms with Gasteiger partial charge in [0, 0.05) is 17.2 Å². The summed E-state index contributed by atoms with van der Waals surface area (Å²) in [5, 5.41) is 12.6. The lowest BCUT2D eigenvalue weighted by atomic mass is 9.84. The second-order valence-corrected chi connectivity index (χ2v) is 9.95. The van der Waals surface area contributed by atoms with Crippen LogP contribution < -0.4 is 5.32 Å². The van der Waals surface area contributed by atoms with Crippen molar-refractivity contribution in [1.29, 1.82) is 0 Å². The lowest BCUT2D eigenvalue weighted by Gasteiger charge is -2.28. The van der Waals surface area contributed by atoms with Gasteiger partial charge in [0.05, 0.1) is 5.75 Å². The third kappa shape index (κ3) is 4.56. The third-order valence-electron chi connectivity index (χ3n) is 6.92. The van der Waals surface area contributed by atoms with Crippen LogP contribution in [0.3, 0.4) is 0 Å². The maximum absolute atomic E-state index is 12.6. The van der Waals surface area contributed by atoms with Gasteiger partial charge in [0.2, 0.25) is 11.1 Å². The molecule has 164 valence electrons. The number of rotatable bonds is 7. The summed E-state index contributed by atoms with van der Waals surface area (Å²) < 4.78 is 0. The molecule has 1 N–H and O–H groups in total. The van der Waals surface area contributed by atoms with E-state index in [4.69, 9.17) is 4.98 Å². The molecule has 32 heavy (non-hydrogen) atoms. The predicted octanol–water partition coefficient (Wildman–Crippen LogP) is 5.24. The molecule has 3 aromatic rings. The molecule has 1 amide bonds. The van der Waals surface area contributed by atoms with E-state index in [2.05, 4.69) is 22.4 Å². The van der Waals surface area contributed by atoms with Gasteiger partial charge in [-0.15, -0.1) is 10.2 Å². The molecule has 0 aliphatic heterocycles. The lowest BCUT2D eigenvalue weighted by molar-refractivity contribution is -0.119. The molecule has 2 fully saturated rings. The summed E-state index contributed by atoms with van der Waals surface area (Å²) in [6.07, 6.45) is 5.34. The zero-order valence-corrected chi connectivity index (χ0v) is 19.1. The van der Waals surface area contributed by atoms with Crippen LogP contribution in [0.4, 0.5) is 0 Å². The average molecular weight is 445 g/mol. The lowest BCUT2D eigenvalue weighted by Crippen LogP contribution is -2.40. The summed E-state index contributed by atoms with van der Waals surface area (Å²) >= 11 is 1.34. The first-order valence-corrected chi connectivity index (χ1v) is 12.4. The zero-order chi connectivity index (χ0) is 21.9. The van der Waals surface area contributed by atoms with Gasteiger partial charge in [-0.1, -0.05) is 78.8 Å². The largest absolute Gasteiger partial charge is 0.353 e. The standard InChI is InChI=1S/C26H28N4OS/c1-17(22-15-18-12-13-21(22)14-18)27-23(31)16-32-26-28-24(19-8-4-2-5-9-19)25(29-30-26)20-10-6-3-7-11-20/h2-11,17-18,21-22H,12-16H2,1H3,(H,27,31)/t17-,18+,21+,22+/m1/s1. The number of benzene rings is 2. The van der Waals surface area contributed by atoms with Crippen LogP contribution in [0.1, 0.15) is 32.6 Å². The highest BCUT2D eigenvalue weighted by Crippen LogP contribution is 2.49. The molecule has 5 rings (SSSR count). The summed E-state index contributed by atoms with van der Waals surface area (Å²) in [5.74, 6) is 2.66. The molecule has 2 aliphatic rings. The Morgan fingerprint density at radius 3 is 2.28 bits per heavy atom. The molecule has 2 aromatic carbocycles. The van der Waals surface area contributed by atoms with Gasteiger partial charge in [-0.25, -0.2) is 4.98 Å². The zero-order valence-electron chi connectivity index (χ0n) is 18.3. The van der Waals surface area contributed by atoms with E-state index in [1.165, 1.54) is 37.4 Å². The molecule has 2 bridgehead atoms. The molecule has 5 nitrogen and oxygen atoms in total. The van der Waals surface area contributed by atoms with Crippen LogP contribution in [0.25, 0.3) is 22.5 Å². The molecule has 0 spiro atoms. The summed E-state index contributed by atoms with van der Waals surface area (Å²) in [7, 11) is 0. The second kappa shape index (κ2) is 9.41. The molecule has 1 aromatic heterocycles. The predicted molar refractivity (Wildman–Crippen MR) is 128 cm³/mol. The molecule has 0 unspecified atom stereocenters. The van der Waals surface area contributed by atoms with Crippen LogP contribution in [0.5, 0.6) is 0 Å². The Morgan fingerprint density at radius 1 is 0.969 bits per heavy atom. The number of nitrogens with one attached hydrogen (secondary N) is 1. The van der Waals surface area contributed by atoms with Crippen molar-refractivity contribution in [2.75, 3.05) is 5.75 Å². The number of carbonyl (C=O) groups excluding carboxylic acids is 1. The van der Waals surface area contributed by atoms with Gasteiger partial charge < -0.3 is 5.32 Å². The Kier molecular flexibility index (Phi) is 6.21. The number of fused-ring (bicyclic) bond motifs is 2. The highest BCUT2D eigenvalue weighted by atomic mass is 32.2. The average Bonchev–Trinajstić information content (AvgIpc) is 3.48. The molecule has 2 aliphatic carbocycles. The molecular formula is C26H28N4OS. The number of hydrogen-bond acceptors (Lipinski definition) is 5. The number of thioether (sulfide) groups is 1. The van der Waals surface area contributed by atoms with E-state index in [9.17, 15) is 4.79 Å². The van der Waals surface area contributed by atoms with Gasteiger partial charge in [-0.2, -0.15) is 0 Å². The first-order valence-electron chi connectivity index (χ1n) is 11.4. The van der Waals surface area contributed by atoms with Crippen LogP contribution >= 0.6 is 11.8 Å². The van der Waals surface area contributed by atoms with Crippen molar-refractivity contribution in [3.63, 3.8) is 0 Å². The fourth-order valence-electron chi connectivity index (χ4n) is 5.40. The molecule has 0 radical (unpaired) electrons. The molecule has 1 heterocycles. The first-order chi connectivity index (χ1) is 15.7. The van der Waals surface area contributed by atoms with Crippen molar-refractivity contribution in [1.82, 2.24) is 20.5 Å². The van der Waals surface area contributed by atoms with Crippen molar-refractivity contribution in [2.45, 2.75) is 43.8 Å². The Morgan fingerprint density at radius 2 is 1.66 bits per heavy atom. The minimum absolute atomic E-state index is 0.0438. The van der Waals surface area contributed by atoms with Gasteiger partial charge in [-0.3, -0.25) is 4.79 Å². The first kappa shape index (κ1) is 21.1. The van der Waals surface area contributed by atoms with Crippen molar-refractivity contribution >= 4 is 17.7 Å². The number of amides is 1. The minimum Gasteiger partial charge on any atom is -0.353 e. The van der Waals surface area contributed by atoms with E-state index in [0.29, 0.717) is 16.8 Å². The van der Waals surface area contributed by atoms with Crippen LogP contribution in [-0.2, 0) is 4.79 Å².